The molecule has 138 valence electrons. The van der Waals surface area contributed by atoms with E-state index in [9.17, 15) is 4.79 Å². The summed E-state index contributed by atoms with van der Waals surface area (Å²) in [5.41, 5.74) is 4.19. The number of benzene rings is 2. The van der Waals surface area contributed by atoms with Gasteiger partial charge >= 0.3 is 0 Å². The van der Waals surface area contributed by atoms with Crippen LogP contribution in [0.15, 0.2) is 60.8 Å². The summed E-state index contributed by atoms with van der Waals surface area (Å²) < 4.78 is 0. The standard InChI is InChI=1S/C23H25N3O/c1-17-16-24-22(25-17)15-18-11-13-26(14-12-18)23(27)21-9-7-20(8-10-21)19-5-3-2-4-6-19/h2-10,16,18H,11-15H2,1H3,(H,24,25). The number of piperidine rings is 1. The first-order valence-corrected chi connectivity index (χ1v) is 9.64. The normalized spacial score (nSPS) is 15.1. The zero-order valence-corrected chi connectivity index (χ0v) is 15.7. The third kappa shape index (κ3) is 4.11. The number of aryl methyl sites for hydroxylation is 1. The molecule has 1 fully saturated rings. The van der Waals surface area contributed by atoms with Crippen molar-refractivity contribution >= 4 is 5.91 Å². The minimum Gasteiger partial charge on any atom is -0.346 e. The summed E-state index contributed by atoms with van der Waals surface area (Å²) in [6.45, 7) is 3.67. The third-order valence-corrected chi connectivity index (χ3v) is 5.38. The van der Waals surface area contributed by atoms with Crippen molar-refractivity contribution in [3.63, 3.8) is 0 Å². The van der Waals surface area contributed by atoms with Gasteiger partial charge in [0, 0.05) is 37.0 Å². The lowest BCUT2D eigenvalue weighted by Gasteiger charge is -2.31. The number of aromatic amines is 1. The lowest BCUT2D eigenvalue weighted by molar-refractivity contribution is 0.0690. The molecule has 0 saturated carbocycles. The molecule has 1 amide bonds. The number of imidazole rings is 1. The molecular weight excluding hydrogens is 334 g/mol. The van der Waals surface area contributed by atoms with Crippen LogP contribution in [-0.4, -0.2) is 33.9 Å². The molecule has 2 heterocycles. The second kappa shape index (κ2) is 7.78. The molecule has 1 aliphatic heterocycles. The van der Waals surface area contributed by atoms with Gasteiger partial charge in [-0.2, -0.15) is 0 Å². The lowest BCUT2D eigenvalue weighted by Crippen LogP contribution is -2.39. The van der Waals surface area contributed by atoms with Crippen molar-refractivity contribution in [3.8, 4) is 11.1 Å². The number of rotatable bonds is 4. The molecule has 3 aromatic rings. The van der Waals surface area contributed by atoms with Crippen LogP contribution < -0.4 is 0 Å². The van der Waals surface area contributed by atoms with Crippen molar-refractivity contribution in [2.45, 2.75) is 26.2 Å². The van der Waals surface area contributed by atoms with Crippen LogP contribution in [0.1, 0.15) is 34.7 Å². The highest BCUT2D eigenvalue weighted by Gasteiger charge is 2.24. The van der Waals surface area contributed by atoms with Gasteiger partial charge in [-0.25, -0.2) is 4.98 Å². The molecule has 4 nitrogen and oxygen atoms in total. The second-order valence-electron chi connectivity index (χ2n) is 7.40. The van der Waals surface area contributed by atoms with Crippen LogP contribution in [0.5, 0.6) is 0 Å². The Balaban J connectivity index is 1.35. The van der Waals surface area contributed by atoms with Crippen LogP contribution in [0.4, 0.5) is 0 Å². The number of hydrogen-bond donors (Lipinski definition) is 1. The Morgan fingerprint density at radius 3 is 2.33 bits per heavy atom. The van der Waals surface area contributed by atoms with Crippen molar-refractivity contribution in [1.82, 2.24) is 14.9 Å². The Morgan fingerprint density at radius 2 is 1.70 bits per heavy atom. The van der Waals surface area contributed by atoms with Crippen LogP contribution in [0, 0.1) is 12.8 Å². The quantitative estimate of drug-likeness (QED) is 0.747. The number of amides is 1. The van der Waals surface area contributed by atoms with E-state index in [1.165, 1.54) is 5.56 Å². The molecule has 0 aliphatic carbocycles. The average molecular weight is 359 g/mol. The third-order valence-electron chi connectivity index (χ3n) is 5.38. The smallest absolute Gasteiger partial charge is 0.253 e. The molecule has 1 aromatic heterocycles. The molecule has 0 unspecified atom stereocenters. The molecule has 0 atom stereocenters. The molecule has 27 heavy (non-hydrogen) atoms. The Hall–Kier alpha value is -2.88. The summed E-state index contributed by atoms with van der Waals surface area (Å²) in [4.78, 5) is 22.5. The largest absolute Gasteiger partial charge is 0.346 e. The van der Waals surface area contributed by atoms with E-state index in [1.807, 2.05) is 60.5 Å². The molecule has 4 heteroatoms. The number of likely N-dealkylation sites (tertiary alicyclic amines) is 1. The molecule has 2 aromatic carbocycles. The molecule has 0 radical (unpaired) electrons. The van der Waals surface area contributed by atoms with Crippen molar-refractivity contribution in [3.05, 3.63) is 77.9 Å². The number of aromatic nitrogens is 2. The van der Waals surface area contributed by atoms with Gasteiger partial charge in [-0.05, 0) is 48.9 Å². The summed E-state index contributed by atoms with van der Waals surface area (Å²) >= 11 is 0. The fraction of sp³-hybridized carbons (Fsp3) is 0.304. The first-order valence-electron chi connectivity index (χ1n) is 9.64. The molecule has 1 aliphatic rings. The van der Waals surface area contributed by atoms with E-state index in [1.54, 1.807) is 0 Å². The number of H-pyrrole nitrogens is 1. The zero-order valence-electron chi connectivity index (χ0n) is 15.7. The van der Waals surface area contributed by atoms with Crippen molar-refractivity contribution in [2.75, 3.05) is 13.1 Å². The first kappa shape index (κ1) is 17.5. The van der Waals surface area contributed by atoms with Crippen LogP contribution >= 0.6 is 0 Å². The van der Waals surface area contributed by atoms with Gasteiger partial charge in [0.05, 0.1) is 0 Å². The summed E-state index contributed by atoms with van der Waals surface area (Å²) in [7, 11) is 0. The van der Waals surface area contributed by atoms with Crippen LogP contribution in [-0.2, 0) is 6.42 Å². The van der Waals surface area contributed by atoms with E-state index in [4.69, 9.17) is 0 Å². The molecule has 1 N–H and O–H groups in total. The van der Waals surface area contributed by atoms with Gasteiger partial charge in [0.1, 0.15) is 5.82 Å². The summed E-state index contributed by atoms with van der Waals surface area (Å²) in [5, 5.41) is 0. The fourth-order valence-electron chi connectivity index (χ4n) is 3.80. The summed E-state index contributed by atoms with van der Waals surface area (Å²) in [6.07, 6.45) is 4.93. The second-order valence-corrected chi connectivity index (χ2v) is 7.40. The number of nitrogens with zero attached hydrogens (tertiary/aromatic N) is 2. The lowest BCUT2D eigenvalue weighted by atomic mass is 9.93. The van der Waals surface area contributed by atoms with E-state index in [0.717, 1.165) is 55.0 Å². The van der Waals surface area contributed by atoms with Crippen molar-refractivity contribution in [2.24, 2.45) is 5.92 Å². The summed E-state index contributed by atoms with van der Waals surface area (Å²) in [5.74, 6) is 1.80. The van der Waals surface area contributed by atoms with Gasteiger partial charge in [-0.3, -0.25) is 4.79 Å². The maximum atomic E-state index is 12.8. The fourth-order valence-corrected chi connectivity index (χ4v) is 3.80. The highest BCUT2D eigenvalue weighted by atomic mass is 16.2. The number of carbonyl (C=O) groups is 1. The number of hydrogen-bond acceptors (Lipinski definition) is 2. The molecular formula is C23H25N3O. The van der Waals surface area contributed by atoms with Crippen LogP contribution in [0.2, 0.25) is 0 Å². The van der Waals surface area contributed by atoms with Crippen molar-refractivity contribution < 1.29 is 4.79 Å². The van der Waals surface area contributed by atoms with E-state index in [0.29, 0.717) is 5.92 Å². The highest BCUT2D eigenvalue weighted by Crippen LogP contribution is 2.23. The van der Waals surface area contributed by atoms with Crippen molar-refractivity contribution in [1.29, 1.82) is 0 Å². The predicted molar refractivity (Wildman–Crippen MR) is 108 cm³/mol. The highest BCUT2D eigenvalue weighted by molar-refractivity contribution is 5.94. The van der Waals surface area contributed by atoms with E-state index in [2.05, 4.69) is 22.1 Å². The zero-order chi connectivity index (χ0) is 18.6. The minimum atomic E-state index is 0.141. The van der Waals surface area contributed by atoms with E-state index >= 15 is 0 Å². The summed E-state index contributed by atoms with van der Waals surface area (Å²) in [6, 6.07) is 18.2. The van der Waals surface area contributed by atoms with Gasteiger partial charge in [-0.1, -0.05) is 42.5 Å². The molecule has 1 saturated heterocycles. The van der Waals surface area contributed by atoms with Gasteiger partial charge in [0.2, 0.25) is 0 Å². The SMILES string of the molecule is Cc1cnc(CC2CCN(C(=O)c3ccc(-c4ccccc4)cc3)CC2)[nH]1. The average Bonchev–Trinajstić information content (AvgIpc) is 3.13. The Bertz CT molecular complexity index is 891. The maximum Gasteiger partial charge on any atom is 0.253 e. The van der Waals surface area contributed by atoms with Gasteiger partial charge in [0.25, 0.3) is 5.91 Å². The topological polar surface area (TPSA) is 49.0 Å². The van der Waals surface area contributed by atoms with Crippen LogP contribution in [0.3, 0.4) is 0 Å². The minimum absolute atomic E-state index is 0.141. The monoisotopic (exact) mass is 359 g/mol. The van der Waals surface area contributed by atoms with Gasteiger partial charge in [0.15, 0.2) is 0 Å². The Labute approximate surface area is 160 Å². The van der Waals surface area contributed by atoms with E-state index < -0.39 is 0 Å². The Kier molecular flexibility index (Phi) is 5.05. The van der Waals surface area contributed by atoms with Gasteiger partial charge < -0.3 is 9.88 Å². The maximum absolute atomic E-state index is 12.8. The number of carbonyl (C=O) groups excluding carboxylic acids is 1. The molecule has 4 rings (SSSR count). The predicted octanol–water partition coefficient (Wildman–Crippen LogP) is 4.48. The van der Waals surface area contributed by atoms with E-state index in [-0.39, 0.29) is 5.91 Å². The number of nitrogens with one attached hydrogen (secondary N) is 1. The van der Waals surface area contributed by atoms with Crippen LogP contribution in [0.25, 0.3) is 11.1 Å². The van der Waals surface area contributed by atoms with Gasteiger partial charge in [-0.15, -0.1) is 0 Å². The molecule has 0 bridgehead atoms. The Morgan fingerprint density at radius 1 is 1.04 bits per heavy atom. The first-order chi connectivity index (χ1) is 13.2. The molecule has 0 spiro atoms.